The predicted octanol–water partition coefficient (Wildman–Crippen LogP) is 0.838. The second-order valence-electron chi connectivity index (χ2n) is 5.20. The largest absolute Gasteiger partial charge is 2.00 e. The standard InChI is InChI=1S/C15H12BN3O5S2.W/c1-8-6-17-15(25-8)18-14(22)12-13(21)11-9(16(23)24-7-20)4-3-5-10(11)26-19(12)2;/h3,5-6,21,23H,1-2H3,(H,17,18,22);/q-2;+2. The van der Waals surface area contributed by atoms with Crippen molar-refractivity contribution in [3.8, 4) is 0 Å². The first kappa shape index (κ1) is 21.5. The maximum atomic E-state index is 12.6. The monoisotopic (exact) mass is 573 g/mol. The van der Waals surface area contributed by atoms with Crippen LogP contribution in [0, 0.1) is 13.0 Å². The molecule has 0 unspecified atom stereocenters. The molecule has 27 heavy (non-hydrogen) atoms. The number of anilines is 1. The van der Waals surface area contributed by atoms with Crippen molar-refractivity contribution < 1.29 is 45.4 Å². The van der Waals surface area contributed by atoms with Crippen LogP contribution in [0.5, 0.6) is 0 Å². The van der Waals surface area contributed by atoms with Gasteiger partial charge in [-0.15, -0.1) is 16.8 Å². The van der Waals surface area contributed by atoms with Gasteiger partial charge in [0.25, 0.3) is 5.91 Å². The van der Waals surface area contributed by atoms with E-state index in [0.29, 0.717) is 10.0 Å². The fourth-order valence-corrected chi connectivity index (χ4v) is 4.04. The molecule has 1 amide bonds. The Kier molecular flexibility index (Phi) is 7.10. The Balaban J connectivity index is 0.00000261. The molecule has 0 fully saturated rings. The van der Waals surface area contributed by atoms with Gasteiger partial charge in [-0.3, -0.25) is 10.1 Å². The van der Waals surface area contributed by atoms with Gasteiger partial charge in [-0.25, -0.2) is 4.98 Å². The number of thiazole rings is 1. The Bertz CT molecular complexity index is 907. The Morgan fingerprint density at radius 1 is 1.52 bits per heavy atom. The quantitative estimate of drug-likeness (QED) is 0.275. The van der Waals surface area contributed by atoms with Crippen molar-refractivity contribution in [1.29, 1.82) is 0 Å². The number of amides is 1. The van der Waals surface area contributed by atoms with Crippen LogP contribution in [0.3, 0.4) is 0 Å². The molecule has 1 aliphatic rings. The zero-order valence-electron chi connectivity index (χ0n) is 14.0. The number of hydrogen-bond donors (Lipinski definition) is 3. The van der Waals surface area contributed by atoms with E-state index in [-0.39, 0.29) is 43.5 Å². The summed E-state index contributed by atoms with van der Waals surface area (Å²) in [7, 11) is -0.0477. The van der Waals surface area contributed by atoms with Crippen molar-refractivity contribution in [1.82, 2.24) is 9.29 Å². The molecular formula is C15H12BN3O5S2W. The second kappa shape index (κ2) is 8.92. The molecule has 3 rings (SSSR count). The summed E-state index contributed by atoms with van der Waals surface area (Å²) in [4.78, 5) is 28.6. The molecule has 138 valence electrons. The number of aliphatic hydroxyl groups is 1. The number of likely N-dealkylation sites (N-methyl/N-ethyl adjacent to an activating group) is 1. The van der Waals surface area contributed by atoms with E-state index < -0.39 is 13.0 Å². The number of carbonyl (C=O) groups is 1. The van der Waals surface area contributed by atoms with Gasteiger partial charge in [0.1, 0.15) is 5.70 Å². The molecule has 1 aromatic carbocycles. The van der Waals surface area contributed by atoms with E-state index in [1.54, 1.807) is 19.3 Å². The number of aromatic nitrogens is 1. The first-order valence-electron chi connectivity index (χ1n) is 7.27. The summed E-state index contributed by atoms with van der Waals surface area (Å²) in [5, 5.41) is 23.7. The number of rotatable bonds is 5. The number of benzene rings is 1. The van der Waals surface area contributed by atoms with Gasteiger partial charge in [-0.2, -0.15) is 18.2 Å². The zero-order valence-corrected chi connectivity index (χ0v) is 18.6. The number of aliphatic hydroxyl groups excluding tert-OH is 1. The van der Waals surface area contributed by atoms with Gasteiger partial charge < -0.3 is 23.9 Å². The minimum atomic E-state index is -1.67. The third-order valence-corrected chi connectivity index (χ3v) is 5.29. The third kappa shape index (κ3) is 4.37. The number of carbonyl (C=O) groups excluding carboxylic acids is 2. The van der Waals surface area contributed by atoms with Crippen LogP contribution in [0.15, 0.2) is 28.9 Å². The summed E-state index contributed by atoms with van der Waals surface area (Å²) < 4.78 is 5.91. The minimum Gasteiger partial charge on any atom is -0.702 e. The molecular weight excluding hydrogens is 561 g/mol. The summed E-state index contributed by atoms with van der Waals surface area (Å²) in [6, 6.07) is 5.89. The van der Waals surface area contributed by atoms with Gasteiger partial charge >= 0.3 is 28.2 Å². The van der Waals surface area contributed by atoms with Crippen LogP contribution < -0.4 is 10.8 Å². The molecule has 2 heterocycles. The second-order valence-corrected chi connectivity index (χ2v) is 7.61. The number of nitrogens with one attached hydrogen (secondary N) is 1. The molecule has 8 nitrogen and oxygen atoms in total. The number of hydrogen-bond acceptors (Lipinski definition) is 9. The number of fused-ring (bicyclic) bond motifs is 1. The van der Waals surface area contributed by atoms with Gasteiger partial charge in [0.15, 0.2) is 5.13 Å². The molecule has 0 aliphatic carbocycles. The Morgan fingerprint density at radius 2 is 2.26 bits per heavy atom. The topological polar surface area (TPSA) is 112 Å². The average molecular weight is 573 g/mol. The molecule has 2 aromatic rings. The molecule has 0 saturated heterocycles. The van der Waals surface area contributed by atoms with E-state index in [1.165, 1.54) is 33.7 Å². The van der Waals surface area contributed by atoms with E-state index in [1.807, 2.05) is 6.92 Å². The molecule has 12 heteroatoms. The van der Waals surface area contributed by atoms with E-state index in [2.05, 4.69) is 21.0 Å². The minimum absolute atomic E-state index is 0. The maximum Gasteiger partial charge on any atom is 2.00 e. The first-order chi connectivity index (χ1) is 12.4. The fraction of sp³-hybridized carbons (Fsp3) is 0.133. The van der Waals surface area contributed by atoms with Crippen molar-refractivity contribution >= 4 is 59.1 Å². The summed E-state index contributed by atoms with van der Waals surface area (Å²) in [6.45, 7) is 3.00. The van der Waals surface area contributed by atoms with Crippen molar-refractivity contribution in [2.45, 2.75) is 11.8 Å². The summed E-state index contributed by atoms with van der Waals surface area (Å²) in [6.07, 6.45) is 1.62. The van der Waals surface area contributed by atoms with Crippen LogP contribution in [0.4, 0.5) is 5.13 Å². The molecule has 1 aromatic heterocycles. The Labute approximate surface area is 178 Å². The Hall–Kier alpha value is -1.81. The summed E-state index contributed by atoms with van der Waals surface area (Å²) in [5.74, 6) is -0.933. The van der Waals surface area contributed by atoms with Gasteiger partial charge in [0.2, 0.25) is 0 Å². The molecule has 0 saturated carbocycles. The van der Waals surface area contributed by atoms with E-state index >= 15 is 0 Å². The van der Waals surface area contributed by atoms with E-state index in [4.69, 9.17) is 0 Å². The molecule has 0 spiro atoms. The van der Waals surface area contributed by atoms with Crippen molar-refractivity contribution in [2.75, 3.05) is 12.4 Å². The van der Waals surface area contributed by atoms with Gasteiger partial charge in [-0.05, 0) is 18.9 Å². The van der Waals surface area contributed by atoms with Gasteiger partial charge in [0.05, 0.1) is 5.76 Å². The molecule has 3 N–H and O–H groups in total. The van der Waals surface area contributed by atoms with E-state index in [0.717, 1.165) is 11.3 Å². The van der Waals surface area contributed by atoms with Crippen molar-refractivity contribution in [3.05, 3.63) is 40.5 Å². The SMILES string of the molecule is Cc1cnc(NC(=O)C2=C(O)c3c(B(O)O[C-]=O)[c-]ccc3SN2C)s1.[W+2]. The van der Waals surface area contributed by atoms with Crippen molar-refractivity contribution in [3.63, 3.8) is 0 Å². The normalized spacial score (nSPS) is 12.8. The zero-order chi connectivity index (χ0) is 18.8. The first-order valence-corrected chi connectivity index (χ1v) is 8.86. The fourth-order valence-electron chi connectivity index (χ4n) is 2.40. The number of nitrogens with zero attached hydrogens (tertiary/aromatic N) is 2. The maximum absolute atomic E-state index is 12.6. The smallest absolute Gasteiger partial charge is 0.702 e. The molecule has 0 atom stereocenters. The van der Waals surface area contributed by atoms with Crippen LogP contribution in [-0.4, -0.2) is 46.0 Å². The number of aryl methyl sites for hydroxylation is 1. The summed E-state index contributed by atoms with van der Waals surface area (Å²) in [5.41, 5.74) is 0.164. The van der Waals surface area contributed by atoms with Gasteiger partial charge in [0, 0.05) is 18.1 Å². The molecule has 0 bridgehead atoms. The van der Waals surface area contributed by atoms with Crippen LogP contribution in [0.25, 0.3) is 5.76 Å². The predicted molar refractivity (Wildman–Crippen MR) is 98.3 cm³/mol. The average Bonchev–Trinajstić information content (AvgIpc) is 2.99. The molecule has 0 radical (unpaired) electrons. The summed E-state index contributed by atoms with van der Waals surface area (Å²) >= 11 is 2.47. The van der Waals surface area contributed by atoms with Crippen LogP contribution >= 0.6 is 23.3 Å². The van der Waals surface area contributed by atoms with Gasteiger partial charge in [-0.1, -0.05) is 16.9 Å². The van der Waals surface area contributed by atoms with Crippen molar-refractivity contribution in [2.24, 2.45) is 0 Å². The van der Waals surface area contributed by atoms with Crippen LogP contribution in [0.2, 0.25) is 0 Å². The van der Waals surface area contributed by atoms with Crippen LogP contribution in [0.1, 0.15) is 10.4 Å². The third-order valence-electron chi connectivity index (χ3n) is 3.46. The molecule has 1 aliphatic heterocycles. The van der Waals surface area contributed by atoms with Crippen LogP contribution in [-0.2, 0) is 35.3 Å². The Morgan fingerprint density at radius 3 is 2.89 bits per heavy atom. The van der Waals surface area contributed by atoms with E-state index in [9.17, 15) is 19.7 Å².